The van der Waals surface area contributed by atoms with Gasteiger partial charge in [-0.05, 0) is 24.1 Å². The summed E-state index contributed by atoms with van der Waals surface area (Å²) in [5, 5.41) is 0. The van der Waals surface area contributed by atoms with Crippen molar-refractivity contribution in [1.29, 1.82) is 0 Å². The number of ether oxygens (including phenoxy) is 1. The summed E-state index contributed by atoms with van der Waals surface area (Å²) in [6.07, 6.45) is 0.0596. The van der Waals surface area contributed by atoms with Crippen LogP contribution < -0.4 is 9.64 Å². The number of likely N-dealkylation sites (tertiary alicyclic amines) is 1. The van der Waals surface area contributed by atoms with E-state index in [-0.39, 0.29) is 19.5 Å². The van der Waals surface area contributed by atoms with E-state index >= 15 is 0 Å². The minimum absolute atomic E-state index is 0. The SMILES string of the molecule is C=C=C(N=C1N(C)[C@@H](c2ccccc2)CC1(F)F)C(=O)CC[C@H]1COc2ccccc2N(C)C1=C=C.[HH]. The van der Waals surface area contributed by atoms with Gasteiger partial charge in [0.05, 0.1) is 24.0 Å². The number of para-hydroxylation sites is 2. The first-order chi connectivity index (χ1) is 17.3. The molecule has 2 aliphatic rings. The monoisotopic (exact) mass is 491 g/mol. The van der Waals surface area contributed by atoms with Crippen LogP contribution in [-0.4, -0.2) is 43.1 Å². The quantitative estimate of drug-likeness (QED) is 0.358. The average molecular weight is 492 g/mol. The largest absolute Gasteiger partial charge is 0.491 e. The molecule has 0 N–H and O–H groups in total. The van der Waals surface area contributed by atoms with Crippen LogP contribution in [0, 0.1) is 5.92 Å². The summed E-state index contributed by atoms with van der Waals surface area (Å²) in [6.45, 7) is 7.70. The van der Waals surface area contributed by atoms with Crippen molar-refractivity contribution in [2.24, 2.45) is 10.9 Å². The van der Waals surface area contributed by atoms with Gasteiger partial charge in [-0.3, -0.25) is 4.79 Å². The minimum Gasteiger partial charge on any atom is -0.491 e. The molecule has 0 aromatic heterocycles. The molecule has 36 heavy (non-hydrogen) atoms. The van der Waals surface area contributed by atoms with Crippen molar-refractivity contribution in [2.45, 2.75) is 31.2 Å². The summed E-state index contributed by atoms with van der Waals surface area (Å²) in [6, 6.07) is 16.2. The number of Topliss-reactive ketones (excluding diaryl/α,β-unsaturated/α-hetero) is 1. The van der Waals surface area contributed by atoms with Gasteiger partial charge >= 0.3 is 5.92 Å². The van der Waals surface area contributed by atoms with E-state index in [1.807, 2.05) is 66.5 Å². The predicted molar refractivity (Wildman–Crippen MR) is 139 cm³/mol. The van der Waals surface area contributed by atoms with Crippen molar-refractivity contribution in [3.05, 3.63) is 96.2 Å². The van der Waals surface area contributed by atoms with Gasteiger partial charge in [-0.15, -0.1) is 5.73 Å². The van der Waals surface area contributed by atoms with Crippen molar-refractivity contribution in [2.75, 3.05) is 25.6 Å². The number of anilines is 1. The van der Waals surface area contributed by atoms with Crippen LogP contribution in [0.2, 0.25) is 0 Å². The van der Waals surface area contributed by atoms with Gasteiger partial charge in [0.2, 0.25) is 0 Å². The van der Waals surface area contributed by atoms with Gasteiger partial charge in [0, 0.05) is 34.3 Å². The average Bonchev–Trinajstić information content (AvgIpc) is 3.02. The third kappa shape index (κ3) is 4.90. The van der Waals surface area contributed by atoms with Crippen LogP contribution in [-0.2, 0) is 4.79 Å². The second kappa shape index (κ2) is 10.4. The molecule has 1 fully saturated rings. The first kappa shape index (κ1) is 25.2. The Morgan fingerprint density at radius 2 is 1.86 bits per heavy atom. The second-order valence-electron chi connectivity index (χ2n) is 8.97. The maximum atomic E-state index is 15.0. The van der Waals surface area contributed by atoms with Crippen molar-refractivity contribution in [3.8, 4) is 5.75 Å². The predicted octanol–water partition coefficient (Wildman–Crippen LogP) is 6.17. The van der Waals surface area contributed by atoms with Gasteiger partial charge in [0.15, 0.2) is 11.6 Å². The number of fused-ring (bicyclic) bond motifs is 1. The van der Waals surface area contributed by atoms with Gasteiger partial charge in [0.25, 0.3) is 0 Å². The van der Waals surface area contributed by atoms with Crippen molar-refractivity contribution in [1.82, 2.24) is 4.90 Å². The van der Waals surface area contributed by atoms with Crippen molar-refractivity contribution >= 4 is 17.3 Å². The maximum Gasteiger partial charge on any atom is 0.306 e. The van der Waals surface area contributed by atoms with E-state index in [9.17, 15) is 13.6 Å². The third-order valence-corrected chi connectivity index (χ3v) is 6.73. The van der Waals surface area contributed by atoms with Gasteiger partial charge < -0.3 is 14.5 Å². The molecule has 2 aromatic carbocycles. The van der Waals surface area contributed by atoms with Crippen LogP contribution in [0.1, 0.15) is 32.3 Å². The molecule has 0 amide bonds. The fourth-order valence-corrected chi connectivity index (χ4v) is 4.80. The lowest BCUT2D eigenvalue weighted by molar-refractivity contribution is -0.115. The molecule has 5 nitrogen and oxygen atoms in total. The second-order valence-corrected chi connectivity index (χ2v) is 8.97. The van der Waals surface area contributed by atoms with E-state index in [1.54, 1.807) is 7.05 Å². The number of hydrogen-bond acceptors (Lipinski definition) is 4. The van der Waals surface area contributed by atoms with E-state index in [0.29, 0.717) is 13.0 Å². The molecule has 7 heteroatoms. The lowest BCUT2D eigenvalue weighted by atomic mass is 9.97. The number of ketones is 1. The smallest absolute Gasteiger partial charge is 0.306 e. The van der Waals surface area contributed by atoms with Crippen molar-refractivity contribution < 1.29 is 19.7 Å². The lowest BCUT2D eigenvalue weighted by Crippen LogP contribution is -2.32. The Morgan fingerprint density at radius 3 is 2.56 bits per heavy atom. The van der Waals surface area contributed by atoms with Gasteiger partial charge in [-0.1, -0.05) is 61.4 Å². The molecule has 2 atom stereocenters. The zero-order valence-corrected chi connectivity index (χ0v) is 20.5. The Hall–Kier alpha value is -3.92. The minimum atomic E-state index is -3.18. The number of nitrogens with zero attached hydrogens (tertiary/aromatic N) is 3. The van der Waals surface area contributed by atoms with E-state index in [4.69, 9.17) is 4.74 Å². The Labute approximate surface area is 211 Å². The number of carbonyl (C=O) groups excluding carboxylic acids is 1. The van der Waals surface area contributed by atoms with Gasteiger partial charge in [-0.2, -0.15) is 8.78 Å². The van der Waals surface area contributed by atoms with Crippen LogP contribution in [0.5, 0.6) is 5.75 Å². The molecule has 0 unspecified atom stereocenters. The van der Waals surface area contributed by atoms with E-state index in [0.717, 1.165) is 22.7 Å². The van der Waals surface area contributed by atoms with E-state index in [2.05, 4.69) is 29.6 Å². The molecule has 2 aliphatic heterocycles. The third-order valence-electron chi connectivity index (χ3n) is 6.73. The summed E-state index contributed by atoms with van der Waals surface area (Å²) in [4.78, 5) is 20.5. The zero-order valence-electron chi connectivity index (χ0n) is 20.5. The van der Waals surface area contributed by atoms with Crippen LogP contribution in [0.15, 0.2) is 95.6 Å². The highest BCUT2D eigenvalue weighted by atomic mass is 19.3. The number of allylic oxidation sites excluding steroid dienone is 1. The summed E-state index contributed by atoms with van der Waals surface area (Å²) >= 11 is 0. The van der Waals surface area contributed by atoms with Gasteiger partial charge in [-0.25, -0.2) is 4.99 Å². The fourth-order valence-electron chi connectivity index (χ4n) is 4.80. The van der Waals surface area contributed by atoms with Crippen LogP contribution >= 0.6 is 0 Å². The highest BCUT2D eigenvalue weighted by molar-refractivity contribution is 6.00. The highest BCUT2D eigenvalue weighted by Gasteiger charge is 2.50. The Bertz CT molecular complexity index is 1280. The van der Waals surface area contributed by atoms with Crippen molar-refractivity contribution in [3.63, 3.8) is 0 Å². The molecule has 0 radical (unpaired) electrons. The topological polar surface area (TPSA) is 45.1 Å². The highest BCUT2D eigenvalue weighted by Crippen LogP contribution is 2.42. The number of halogens is 2. The molecular formula is C29H31F2N3O2. The molecular weight excluding hydrogens is 460 g/mol. The molecule has 188 valence electrons. The normalized spacial score (nSPS) is 21.8. The van der Waals surface area contributed by atoms with Crippen LogP contribution in [0.4, 0.5) is 14.5 Å². The summed E-state index contributed by atoms with van der Waals surface area (Å²) in [5.74, 6) is -3.46. The number of amidine groups is 1. The molecule has 0 aliphatic carbocycles. The number of aliphatic imine (C=N–C) groups is 1. The summed E-state index contributed by atoms with van der Waals surface area (Å²) in [5.41, 5.74) is 7.72. The number of alkyl halides is 2. The lowest BCUT2D eigenvalue weighted by Gasteiger charge is -2.24. The standard InChI is InChI=1S/C29H29F2N3O2.H2/c1-5-22(32-28-29(30,31)18-25(34(28)4)20-12-8-7-9-13-20)26(35)17-16-21-19-36-27-15-11-10-14-24(27)33(3)23(21)6-2;/h7-15,21,25H,1-2,16-19H2,3-4H3;1H/t21-,25+;/m0./s1. The first-order valence-corrected chi connectivity index (χ1v) is 11.8. The summed E-state index contributed by atoms with van der Waals surface area (Å²) < 4.78 is 35.9. The summed E-state index contributed by atoms with van der Waals surface area (Å²) in [7, 11) is 3.47. The molecule has 1 saturated heterocycles. The van der Waals surface area contributed by atoms with Crippen LogP contribution in [0.25, 0.3) is 0 Å². The van der Waals surface area contributed by atoms with Gasteiger partial charge in [0.1, 0.15) is 11.4 Å². The molecule has 0 saturated carbocycles. The Balaban J connectivity index is 0.00000380. The molecule has 2 heterocycles. The molecule has 0 bridgehead atoms. The Kier molecular flexibility index (Phi) is 7.25. The number of rotatable bonds is 6. The number of hydrogen-bond donors (Lipinski definition) is 0. The first-order valence-electron chi connectivity index (χ1n) is 11.8. The molecule has 4 rings (SSSR count). The Morgan fingerprint density at radius 1 is 1.17 bits per heavy atom. The fraction of sp³-hybridized carbons (Fsp3) is 0.310. The maximum absolute atomic E-state index is 15.0. The van der Waals surface area contributed by atoms with E-state index < -0.39 is 30.0 Å². The molecule has 0 spiro atoms. The van der Waals surface area contributed by atoms with E-state index in [1.165, 1.54) is 4.90 Å². The molecule has 2 aromatic rings. The van der Waals surface area contributed by atoms with Crippen LogP contribution in [0.3, 0.4) is 0 Å². The zero-order chi connectivity index (χ0) is 25.9. The number of benzene rings is 2. The number of carbonyl (C=O) groups is 1.